The lowest BCUT2D eigenvalue weighted by molar-refractivity contribution is -0.136. The van der Waals surface area contributed by atoms with Crippen LogP contribution in [0.15, 0.2) is 24.3 Å². The third-order valence-electron chi connectivity index (χ3n) is 4.92. The van der Waals surface area contributed by atoms with E-state index in [1.165, 1.54) is 11.3 Å². The summed E-state index contributed by atoms with van der Waals surface area (Å²) in [5, 5.41) is 19.4. The highest BCUT2D eigenvalue weighted by molar-refractivity contribution is 7.11. The Balaban J connectivity index is 0.00000240. The Morgan fingerprint density at radius 3 is 2.61 bits per heavy atom. The van der Waals surface area contributed by atoms with Gasteiger partial charge in [0.1, 0.15) is 5.01 Å². The lowest BCUT2D eigenvalue weighted by atomic mass is 9.92. The molecule has 7 nitrogen and oxygen atoms in total. The number of benzene rings is 1. The zero-order chi connectivity index (χ0) is 20.8. The van der Waals surface area contributed by atoms with Gasteiger partial charge >= 0.3 is 11.8 Å². The number of halogens is 3. The number of hydrogen-bond donors (Lipinski definition) is 4. The van der Waals surface area contributed by atoms with E-state index in [2.05, 4.69) is 20.9 Å². The zero-order valence-electron chi connectivity index (χ0n) is 17.0. The minimum Gasteiger partial charge on any atom is -0.396 e. The van der Waals surface area contributed by atoms with Crippen LogP contribution in [0.1, 0.15) is 34.5 Å². The fourth-order valence-electron chi connectivity index (χ4n) is 3.39. The number of aliphatic hydroxyl groups excluding tert-OH is 1. The molecule has 0 saturated carbocycles. The molecule has 31 heavy (non-hydrogen) atoms. The van der Waals surface area contributed by atoms with Crippen molar-refractivity contribution in [3.8, 4) is 0 Å². The van der Waals surface area contributed by atoms with Crippen LogP contribution in [0.2, 0.25) is 5.02 Å². The van der Waals surface area contributed by atoms with Crippen molar-refractivity contribution in [2.45, 2.75) is 32.2 Å². The Labute approximate surface area is 203 Å². The number of carbonyl (C=O) groups is 2. The first-order valence-corrected chi connectivity index (χ1v) is 10.8. The van der Waals surface area contributed by atoms with Crippen LogP contribution < -0.4 is 16.0 Å². The quantitative estimate of drug-likeness (QED) is 0.448. The average Bonchev–Trinajstić information content (AvgIpc) is 3.08. The predicted molar refractivity (Wildman–Crippen MR) is 129 cm³/mol. The van der Waals surface area contributed by atoms with Gasteiger partial charge in [-0.25, -0.2) is 4.98 Å². The molecule has 1 saturated heterocycles. The largest absolute Gasteiger partial charge is 0.396 e. The molecule has 1 fully saturated rings. The number of nitrogens with zero attached hydrogens (tertiary/aromatic N) is 1. The number of amides is 2. The van der Waals surface area contributed by atoms with Gasteiger partial charge in [0, 0.05) is 35.2 Å². The third kappa shape index (κ3) is 7.59. The van der Waals surface area contributed by atoms with Crippen molar-refractivity contribution < 1.29 is 14.7 Å². The van der Waals surface area contributed by atoms with Gasteiger partial charge in [0.15, 0.2) is 0 Å². The highest BCUT2D eigenvalue weighted by atomic mass is 35.5. The maximum atomic E-state index is 12.6. The number of aliphatic hydroxyl groups is 1. The summed E-state index contributed by atoms with van der Waals surface area (Å²) in [5.74, 6) is -1.29. The van der Waals surface area contributed by atoms with Gasteiger partial charge in [-0.15, -0.1) is 36.2 Å². The average molecular weight is 510 g/mol. The monoisotopic (exact) mass is 508 g/mol. The van der Waals surface area contributed by atoms with Gasteiger partial charge in [-0.3, -0.25) is 9.59 Å². The molecule has 2 amide bonds. The van der Waals surface area contributed by atoms with Crippen LogP contribution in [0.5, 0.6) is 0 Å². The van der Waals surface area contributed by atoms with Crippen LogP contribution in [0.3, 0.4) is 0 Å². The fraction of sp³-hybridized carbons (Fsp3) is 0.450. The molecule has 0 bridgehead atoms. The Morgan fingerprint density at radius 1 is 1.29 bits per heavy atom. The van der Waals surface area contributed by atoms with Gasteiger partial charge in [-0.05, 0) is 56.5 Å². The van der Waals surface area contributed by atoms with Gasteiger partial charge in [0.25, 0.3) is 0 Å². The standard InChI is InChI=1S/C20H25ClN4O3S.2ClH/c1-12-16(8-10-26)29-20(23-12)17(13-3-2-9-22-11-13)25-19(28)18(27)24-15-6-4-14(21)5-7-15;;/h4-7,13,17,22,26H,2-3,8-11H2,1H3,(H,24,27)(H,25,28);2*1H. The van der Waals surface area contributed by atoms with E-state index in [0.717, 1.165) is 41.5 Å². The van der Waals surface area contributed by atoms with Gasteiger partial charge in [0.2, 0.25) is 0 Å². The Hall–Kier alpha value is -1.42. The maximum absolute atomic E-state index is 12.6. The Morgan fingerprint density at radius 2 is 2.00 bits per heavy atom. The first kappa shape index (κ1) is 27.6. The molecule has 11 heteroatoms. The SMILES string of the molecule is Cc1nc(C(NC(=O)C(=O)Nc2ccc(Cl)cc2)C2CCCNC2)sc1CCO.Cl.Cl. The Bertz CT molecular complexity index is 858. The first-order valence-electron chi connectivity index (χ1n) is 9.63. The summed E-state index contributed by atoms with van der Waals surface area (Å²) in [6, 6.07) is 6.21. The molecule has 0 aliphatic carbocycles. The number of aromatic nitrogens is 1. The number of aryl methyl sites for hydroxylation is 1. The molecule has 4 N–H and O–H groups in total. The second kappa shape index (κ2) is 13.2. The molecule has 2 aromatic rings. The summed E-state index contributed by atoms with van der Waals surface area (Å²) in [5.41, 5.74) is 1.36. The van der Waals surface area contributed by atoms with E-state index in [9.17, 15) is 14.7 Å². The fourth-order valence-corrected chi connectivity index (χ4v) is 4.72. The second-order valence-electron chi connectivity index (χ2n) is 7.05. The van der Waals surface area contributed by atoms with E-state index in [-0.39, 0.29) is 43.4 Å². The number of rotatable bonds is 6. The molecule has 2 heterocycles. The topological polar surface area (TPSA) is 103 Å². The number of carbonyl (C=O) groups excluding carboxylic acids is 2. The molecule has 1 aromatic heterocycles. The molecular formula is C20H27Cl3N4O3S. The van der Waals surface area contributed by atoms with Crippen LogP contribution >= 0.6 is 47.8 Å². The molecule has 1 aromatic carbocycles. The van der Waals surface area contributed by atoms with Crippen LogP contribution in [-0.2, 0) is 16.0 Å². The van der Waals surface area contributed by atoms with E-state index < -0.39 is 11.8 Å². The smallest absolute Gasteiger partial charge is 0.313 e. The summed E-state index contributed by atoms with van der Waals surface area (Å²) in [6.45, 7) is 3.64. The molecule has 1 aliphatic heterocycles. The summed E-state index contributed by atoms with van der Waals surface area (Å²) < 4.78 is 0. The normalized spacial score (nSPS) is 16.4. The highest BCUT2D eigenvalue weighted by Gasteiger charge is 2.31. The summed E-state index contributed by atoms with van der Waals surface area (Å²) in [6.07, 6.45) is 2.47. The molecule has 0 radical (unpaired) electrons. The molecule has 172 valence electrons. The van der Waals surface area contributed by atoms with Crippen molar-refractivity contribution in [1.82, 2.24) is 15.6 Å². The summed E-state index contributed by atoms with van der Waals surface area (Å²) in [7, 11) is 0. The molecule has 2 unspecified atom stereocenters. The van der Waals surface area contributed by atoms with E-state index in [1.807, 2.05) is 6.92 Å². The van der Waals surface area contributed by atoms with Crippen LogP contribution in [0.4, 0.5) is 5.69 Å². The van der Waals surface area contributed by atoms with Crippen molar-refractivity contribution in [3.05, 3.63) is 44.9 Å². The minimum atomic E-state index is -0.732. The van der Waals surface area contributed by atoms with Crippen LogP contribution in [0, 0.1) is 12.8 Å². The molecule has 2 atom stereocenters. The Kier molecular flexibility index (Phi) is 11.8. The molecule has 1 aliphatic rings. The number of thiazole rings is 1. The lowest BCUT2D eigenvalue weighted by Crippen LogP contribution is -2.44. The summed E-state index contributed by atoms with van der Waals surface area (Å²) >= 11 is 7.34. The zero-order valence-corrected chi connectivity index (χ0v) is 20.2. The van der Waals surface area contributed by atoms with Gasteiger partial charge < -0.3 is 21.1 Å². The van der Waals surface area contributed by atoms with Crippen molar-refractivity contribution in [2.75, 3.05) is 25.0 Å². The molecular weight excluding hydrogens is 483 g/mol. The molecule has 3 rings (SSSR count). The van der Waals surface area contributed by atoms with Crippen molar-refractivity contribution in [1.29, 1.82) is 0 Å². The van der Waals surface area contributed by atoms with Gasteiger partial charge in [0.05, 0.1) is 11.7 Å². The summed E-state index contributed by atoms with van der Waals surface area (Å²) in [4.78, 5) is 30.7. The van der Waals surface area contributed by atoms with E-state index in [0.29, 0.717) is 17.1 Å². The van der Waals surface area contributed by atoms with Gasteiger partial charge in [-0.1, -0.05) is 11.6 Å². The first-order chi connectivity index (χ1) is 14.0. The lowest BCUT2D eigenvalue weighted by Gasteiger charge is -2.30. The third-order valence-corrected chi connectivity index (χ3v) is 6.47. The minimum absolute atomic E-state index is 0. The van der Waals surface area contributed by atoms with Crippen LogP contribution in [-0.4, -0.2) is 41.6 Å². The number of hydrogen-bond acceptors (Lipinski definition) is 6. The van der Waals surface area contributed by atoms with Crippen molar-refractivity contribution in [2.24, 2.45) is 5.92 Å². The highest BCUT2D eigenvalue weighted by Crippen LogP contribution is 2.32. The molecule has 0 spiro atoms. The van der Waals surface area contributed by atoms with Crippen LogP contribution in [0.25, 0.3) is 0 Å². The van der Waals surface area contributed by atoms with Crippen molar-refractivity contribution >= 4 is 65.3 Å². The van der Waals surface area contributed by atoms with Gasteiger partial charge in [-0.2, -0.15) is 0 Å². The number of piperidine rings is 1. The number of anilines is 1. The number of nitrogens with one attached hydrogen (secondary N) is 3. The second-order valence-corrected chi connectivity index (χ2v) is 8.60. The van der Waals surface area contributed by atoms with E-state index in [1.54, 1.807) is 24.3 Å². The van der Waals surface area contributed by atoms with E-state index >= 15 is 0 Å². The van der Waals surface area contributed by atoms with E-state index in [4.69, 9.17) is 11.6 Å². The maximum Gasteiger partial charge on any atom is 0.313 e. The van der Waals surface area contributed by atoms with Crippen molar-refractivity contribution in [3.63, 3.8) is 0 Å². The predicted octanol–water partition coefficient (Wildman–Crippen LogP) is 3.28.